The van der Waals surface area contributed by atoms with Crippen molar-refractivity contribution >= 4 is 5.97 Å². The molecule has 2 rings (SSSR count). The Bertz CT molecular complexity index is 434. The zero-order valence-electron chi connectivity index (χ0n) is 9.84. The van der Waals surface area contributed by atoms with Crippen molar-refractivity contribution < 1.29 is 19.4 Å². The van der Waals surface area contributed by atoms with E-state index in [4.69, 9.17) is 9.47 Å². The molecule has 0 amide bonds. The Morgan fingerprint density at radius 2 is 2.47 bits per heavy atom. The molecular weight excluding hydrogens is 222 g/mol. The highest BCUT2D eigenvalue weighted by atomic mass is 16.7. The second-order valence-electron chi connectivity index (χ2n) is 4.08. The van der Waals surface area contributed by atoms with Gasteiger partial charge >= 0.3 is 5.97 Å². The minimum absolute atomic E-state index is 0.0691. The van der Waals surface area contributed by atoms with E-state index in [2.05, 4.69) is 4.98 Å². The number of hydrogen-bond acceptors (Lipinski definition) is 5. The van der Waals surface area contributed by atoms with Crippen LogP contribution in [0.5, 0.6) is 0 Å². The fourth-order valence-electron chi connectivity index (χ4n) is 2.07. The molecule has 2 heterocycles. The van der Waals surface area contributed by atoms with Crippen molar-refractivity contribution in [1.29, 1.82) is 0 Å². The number of fused-ring (bicyclic) bond motifs is 1. The number of aromatic nitrogens is 1. The van der Waals surface area contributed by atoms with Crippen molar-refractivity contribution in [1.82, 2.24) is 4.98 Å². The zero-order chi connectivity index (χ0) is 12.5. The van der Waals surface area contributed by atoms with Crippen LogP contribution in [0.1, 0.15) is 37.2 Å². The standard InChI is InChI=1S/C12H15NO4/c1-3-12(15)6-10(14)17-11(16-2)8-7-13-5-4-9(8)12/h4-5,7,11,15H,3,6H2,1-2H3/t11?,12-/m1/s1. The van der Waals surface area contributed by atoms with Crippen molar-refractivity contribution in [2.75, 3.05) is 7.11 Å². The third kappa shape index (κ3) is 2.03. The predicted molar refractivity (Wildman–Crippen MR) is 58.9 cm³/mol. The molecule has 1 aliphatic heterocycles. The van der Waals surface area contributed by atoms with Gasteiger partial charge in [0.25, 0.3) is 0 Å². The van der Waals surface area contributed by atoms with E-state index in [9.17, 15) is 9.90 Å². The van der Waals surface area contributed by atoms with Crippen LogP contribution < -0.4 is 0 Å². The first kappa shape index (κ1) is 12.0. The lowest BCUT2D eigenvalue weighted by molar-refractivity contribution is -0.176. The number of nitrogens with zero attached hydrogens (tertiary/aromatic N) is 1. The van der Waals surface area contributed by atoms with Crippen LogP contribution >= 0.6 is 0 Å². The molecule has 92 valence electrons. The second-order valence-corrected chi connectivity index (χ2v) is 4.08. The zero-order valence-corrected chi connectivity index (χ0v) is 9.84. The van der Waals surface area contributed by atoms with Gasteiger partial charge in [-0.25, -0.2) is 0 Å². The van der Waals surface area contributed by atoms with Crippen molar-refractivity contribution in [3.05, 3.63) is 29.6 Å². The molecule has 1 N–H and O–H groups in total. The summed E-state index contributed by atoms with van der Waals surface area (Å²) in [5, 5.41) is 10.5. The van der Waals surface area contributed by atoms with E-state index in [1.165, 1.54) is 7.11 Å². The fourth-order valence-corrected chi connectivity index (χ4v) is 2.07. The Kier molecular flexibility index (Phi) is 3.13. The highest BCUT2D eigenvalue weighted by Crippen LogP contribution is 2.38. The number of pyridine rings is 1. The van der Waals surface area contributed by atoms with Crippen molar-refractivity contribution in [3.8, 4) is 0 Å². The second kappa shape index (κ2) is 4.43. The van der Waals surface area contributed by atoms with Gasteiger partial charge in [-0.1, -0.05) is 6.92 Å². The summed E-state index contributed by atoms with van der Waals surface area (Å²) in [6.07, 6.45) is 2.70. The van der Waals surface area contributed by atoms with Crippen LogP contribution in [-0.2, 0) is 19.9 Å². The van der Waals surface area contributed by atoms with Gasteiger partial charge in [0.1, 0.15) is 5.60 Å². The van der Waals surface area contributed by atoms with E-state index in [0.717, 1.165) is 0 Å². The molecule has 1 unspecified atom stereocenters. The molecule has 1 aliphatic rings. The van der Waals surface area contributed by atoms with Gasteiger partial charge in [-0.3, -0.25) is 9.78 Å². The average molecular weight is 237 g/mol. The van der Waals surface area contributed by atoms with E-state index >= 15 is 0 Å². The van der Waals surface area contributed by atoms with Gasteiger partial charge < -0.3 is 14.6 Å². The summed E-state index contributed by atoms with van der Waals surface area (Å²) in [4.78, 5) is 15.6. The minimum atomic E-state index is -1.21. The Hall–Kier alpha value is -1.46. The maximum atomic E-state index is 11.6. The van der Waals surface area contributed by atoms with Crippen LogP contribution in [0.2, 0.25) is 0 Å². The first-order chi connectivity index (χ1) is 8.10. The third-order valence-corrected chi connectivity index (χ3v) is 3.08. The number of carbonyl (C=O) groups excluding carboxylic acids is 1. The van der Waals surface area contributed by atoms with Crippen molar-refractivity contribution in [3.63, 3.8) is 0 Å². The van der Waals surface area contributed by atoms with Crippen LogP contribution in [0, 0.1) is 0 Å². The topological polar surface area (TPSA) is 68.7 Å². The van der Waals surface area contributed by atoms with Crippen molar-refractivity contribution in [2.24, 2.45) is 0 Å². The van der Waals surface area contributed by atoms with Crippen molar-refractivity contribution in [2.45, 2.75) is 31.7 Å². The summed E-state index contributed by atoms with van der Waals surface area (Å²) in [5.41, 5.74) is 0.0423. The molecule has 0 saturated carbocycles. The molecule has 5 nitrogen and oxygen atoms in total. The van der Waals surface area contributed by atoms with Gasteiger partial charge in [0, 0.05) is 25.1 Å². The first-order valence-electron chi connectivity index (χ1n) is 5.50. The number of cyclic esters (lactones) is 1. The molecule has 5 heteroatoms. The Morgan fingerprint density at radius 1 is 1.71 bits per heavy atom. The number of ether oxygens (including phenoxy) is 2. The van der Waals surface area contributed by atoms with Crippen LogP contribution in [0.3, 0.4) is 0 Å². The van der Waals surface area contributed by atoms with Gasteiger partial charge in [-0.05, 0) is 18.1 Å². The summed E-state index contributed by atoms with van der Waals surface area (Å²) in [7, 11) is 1.45. The summed E-state index contributed by atoms with van der Waals surface area (Å²) in [5.74, 6) is -0.475. The van der Waals surface area contributed by atoms with Crippen LogP contribution in [-0.4, -0.2) is 23.2 Å². The van der Waals surface area contributed by atoms with Crippen LogP contribution in [0.4, 0.5) is 0 Å². The SMILES string of the molecule is CC[C@@]1(O)CC(=O)OC(OC)c2cnccc21. The van der Waals surface area contributed by atoms with E-state index in [-0.39, 0.29) is 6.42 Å². The van der Waals surface area contributed by atoms with E-state index in [1.54, 1.807) is 18.5 Å². The van der Waals surface area contributed by atoms with Crippen LogP contribution in [0.15, 0.2) is 18.5 Å². The Labute approximate surface area is 99.4 Å². The molecule has 0 radical (unpaired) electrons. The maximum absolute atomic E-state index is 11.6. The molecule has 0 aromatic carbocycles. The monoisotopic (exact) mass is 237 g/mol. The quantitative estimate of drug-likeness (QED) is 0.784. The molecule has 0 spiro atoms. The number of aliphatic hydroxyl groups is 1. The Balaban J connectivity index is 2.57. The van der Waals surface area contributed by atoms with Gasteiger partial charge in [-0.2, -0.15) is 0 Å². The average Bonchev–Trinajstić information content (AvgIpc) is 2.45. The molecule has 2 atom stereocenters. The summed E-state index contributed by atoms with van der Waals surface area (Å²) < 4.78 is 10.2. The molecule has 0 fully saturated rings. The molecular formula is C12H15NO4. The highest BCUT2D eigenvalue weighted by Gasteiger charge is 2.39. The minimum Gasteiger partial charge on any atom is -0.431 e. The van der Waals surface area contributed by atoms with Gasteiger partial charge in [0.2, 0.25) is 6.29 Å². The van der Waals surface area contributed by atoms with Crippen LogP contribution in [0.25, 0.3) is 0 Å². The van der Waals surface area contributed by atoms with Gasteiger partial charge in [0.15, 0.2) is 0 Å². The van der Waals surface area contributed by atoms with Gasteiger partial charge in [-0.15, -0.1) is 0 Å². The number of esters is 1. The summed E-state index contributed by atoms with van der Waals surface area (Å²) in [6, 6.07) is 1.70. The normalized spacial score (nSPS) is 28.2. The van der Waals surface area contributed by atoms with E-state index in [1.807, 2.05) is 6.92 Å². The molecule has 0 bridgehead atoms. The largest absolute Gasteiger partial charge is 0.431 e. The summed E-state index contributed by atoms with van der Waals surface area (Å²) in [6.45, 7) is 1.82. The molecule has 17 heavy (non-hydrogen) atoms. The third-order valence-electron chi connectivity index (χ3n) is 3.08. The maximum Gasteiger partial charge on any atom is 0.311 e. The predicted octanol–water partition coefficient (Wildman–Crippen LogP) is 1.27. The highest BCUT2D eigenvalue weighted by molar-refractivity contribution is 5.72. The molecule has 1 aromatic heterocycles. The number of rotatable bonds is 2. The summed E-state index contributed by atoms with van der Waals surface area (Å²) >= 11 is 0. The Morgan fingerprint density at radius 3 is 3.12 bits per heavy atom. The lowest BCUT2D eigenvalue weighted by atomic mass is 9.86. The fraction of sp³-hybridized carbons (Fsp3) is 0.500. The lowest BCUT2D eigenvalue weighted by Gasteiger charge is -2.25. The van der Waals surface area contributed by atoms with E-state index < -0.39 is 17.9 Å². The molecule has 0 aliphatic carbocycles. The number of carbonyl (C=O) groups is 1. The smallest absolute Gasteiger partial charge is 0.311 e. The first-order valence-corrected chi connectivity index (χ1v) is 5.50. The molecule has 1 aromatic rings. The number of methoxy groups -OCH3 is 1. The van der Waals surface area contributed by atoms with E-state index in [0.29, 0.717) is 17.5 Å². The molecule has 0 saturated heterocycles. The number of hydrogen-bond donors (Lipinski definition) is 1. The lowest BCUT2D eigenvalue weighted by Crippen LogP contribution is -2.27. The van der Waals surface area contributed by atoms with Gasteiger partial charge in [0.05, 0.1) is 6.42 Å².